The Kier molecular flexibility index (Phi) is 5.30. The second-order valence-electron chi connectivity index (χ2n) is 5.37. The molecule has 3 nitrogen and oxygen atoms in total. The van der Waals surface area contributed by atoms with E-state index in [0.717, 1.165) is 42.0 Å². The Labute approximate surface area is 125 Å². The van der Waals surface area contributed by atoms with Gasteiger partial charge >= 0.3 is 5.97 Å². The third-order valence-electron chi connectivity index (χ3n) is 3.92. The SMILES string of the molecule is CCOC(=O)C1CCCC(Nc2cccc(Cl)c2C)C1. The Morgan fingerprint density at radius 1 is 1.45 bits per heavy atom. The number of nitrogens with one attached hydrogen (secondary N) is 1. The lowest BCUT2D eigenvalue weighted by atomic mass is 9.85. The van der Waals surface area contributed by atoms with E-state index in [1.807, 2.05) is 32.0 Å². The summed E-state index contributed by atoms with van der Waals surface area (Å²) in [5.41, 5.74) is 2.12. The van der Waals surface area contributed by atoms with Crippen LogP contribution in [0.15, 0.2) is 18.2 Å². The van der Waals surface area contributed by atoms with Crippen molar-refractivity contribution in [1.29, 1.82) is 0 Å². The van der Waals surface area contributed by atoms with E-state index in [1.54, 1.807) is 0 Å². The molecule has 1 aromatic carbocycles. The number of halogens is 1. The molecule has 0 amide bonds. The molecule has 2 unspecified atom stereocenters. The van der Waals surface area contributed by atoms with Gasteiger partial charge in [-0.05, 0) is 50.8 Å². The van der Waals surface area contributed by atoms with Crippen molar-refractivity contribution in [3.05, 3.63) is 28.8 Å². The molecular weight excluding hydrogens is 274 g/mol. The second-order valence-corrected chi connectivity index (χ2v) is 5.78. The molecule has 1 aromatic rings. The largest absolute Gasteiger partial charge is 0.466 e. The predicted octanol–water partition coefficient (Wildman–Crippen LogP) is 4.18. The molecule has 1 fully saturated rings. The maximum Gasteiger partial charge on any atom is 0.308 e. The highest BCUT2D eigenvalue weighted by atomic mass is 35.5. The van der Waals surface area contributed by atoms with Crippen molar-refractivity contribution in [2.45, 2.75) is 45.6 Å². The van der Waals surface area contributed by atoms with Gasteiger partial charge in [0.05, 0.1) is 12.5 Å². The summed E-state index contributed by atoms with van der Waals surface area (Å²) in [5, 5.41) is 4.30. The number of hydrogen-bond donors (Lipinski definition) is 1. The summed E-state index contributed by atoms with van der Waals surface area (Å²) in [6.45, 7) is 4.32. The Morgan fingerprint density at radius 3 is 3.00 bits per heavy atom. The maximum absolute atomic E-state index is 11.8. The first-order valence-electron chi connectivity index (χ1n) is 7.30. The minimum absolute atomic E-state index is 0.0284. The van der Waals surface area contributed by atoms with E-state index in [1.165, 1.54) is 0 Å². The summed E-state index contributed by atoms with van der Waals surface area (Å²) in [6, 6.07) is 6.19. The molecule has 0 radical (unpaired) electrons. The minimum atomic E-state index is -0.0539. The molecule has 1 aliphatic carbocycles. The smallest absolute Gasteiger partial charge is 0.308 e. The fourth-order valence-electron chi connectivity index (χ4n) is 2.78. The van der Waals surface area contributed by atoms with Gasteiger partial charge in [0.2, 0.25) is 0 Å². The van der Waals surface area contributed by atoms with E-state index in [0.29, 0.717) is 12.6 Å². The molecule has 1 aliphatic rings. The second kappa shape index (κ2) is 6.98. The number of carbonyl (C=O) groups is 1. The van der Waals surface area contributed by atoms with Crippen molar-refractivity contribution >= 4 is 23.3 Å². The predicted molar refractivity (Wildman–Crippen MR) is 82.2 cm³/mol. The van der Waals surface area contributed by atoms with E-state index in [-0.39, 0.29) is 11.9 Å². The number of rotatable bonds is 4. The van der Waals surface area contributed by atoms with Crippen molar-refractivity contribution in [3.63, 3.8) is 0 Å². The molecule has 1 saturated carbocycles. The van der Waals surface area contributed by atoms with Gasteiger partial charge in [-0.25, -0.2) is 0 Å². The first-order valence-corrected chi connectivity index (χ1v) is 7.68. The Balaban J connectivity index is 1.99. The molecule has 4 heteroatoms. The van der Waals surface area contributed by atoms with Crippen LogP contribution in [-0.4, -0.2) is 18.6 Å². The lowest BCUT2D eigenvalue weighted by Gasteiger charge is -2.29. The van der Waals surface area contributed by atoms with Gasteiger partial charge in [-0.3, -0.25) is 4.79 Å². The van der Waals surface area contributed by atoms with Gasteiger partial charge in [0.15, 0.2) is 0 Å². The third kappa shape index (κ3) is 3.66. The fraction of sp³-hybridized carbons (Fsp3) is 0.562. The van der Waals surface area contributed by atoms with Gasteiger partial charge in [0, 0.05) is 16.8 Å². The molecule has 0 spiro atoms. The van der Waals surface area contributed by atoms with Crippen molar-refractivity contribution in [2.75, 3.05) is 11.9 Å². The summed E-state index contributed by atoms with van der Waals surface area (Å²) in [6.07, 6.45) is 3.92. The van der Waals surface area contributed by atoms with Crippen LogP contribution in [0, 0.1) is 12.8 Å². The molecule has 0 saturated heterocycles. The Morgan fingerprint density at radius 2 is 2.25 bits per heavy atom. The number of benzene rings is 1. The summed E-state index contributed by atoms with van der Waals surface area (Å²) in [5.74, 6) is -0.0255. The fourth-order valence-corrected chi connectivity index (χ4v) is 2.95. The molecule has 0 heterocycles. The number of carbonyl (C=O) groups excluding carboxylic acids is 1. The van der Waals surface area contributed by atoms with Crippen LogP contribution >= 0.6 is 11.6 Å². The van der Waals surface area contributed by atoms with Gasteiger partial charge in [0.25, 0.3) is 0 Å². The van der Waals surface area contributed by atoms with Crippen molar-refractivity contribution in [1.82, 2.24) is 0 Å². The molecule has 110 valence electrons. The zero-order valence-corrected chi connectivity index (χ0v) is 12.9. The van der Waals surface area contributed by atoms with Crippen molar-refractivity contribution in [3.8, 4) is 0 Å². The first kappa shape index (κ1) is 15.2. The van der Waals surface area contributed by atoms with Crippen molar-refractivity contribution in [2.24, 2.45) is 5.92 Å². The van der Waals surface area contributed by atoms with E-state index < -0.39 is 0 Å². The lowest BCUT2D eigenvalue weighted by molar-refractivity contribution is -0.149. The van der Waals surface area contributed by atoms with Crippen molar-refractivity contribution < 1.29 is 9.53 Å². The quantitative estimate of drug-likeness (QED) is 0.847. The molecule has 2 atom stereocenters. The minimum Gasteiger partial charge on any atom is -0.466 e. The third-order valence-corrected chi connectivity index (χ3v) is 4.33. The number of anilines is 1. The Hall–Kier alpha value is -1.22. The average Bonchev–Trinajstić information content (AvgIpc) is 2.44. The monoisotopic (exact) mass is 295 g/mol. The molecule has 0 aromatic heterocycles. The van der Waals surface area contributed by atoms with Gasteiger partial charge in [-0.2, -0.15) is 0 Å². The van der Waals surface area contributed by atoms with Crippen LogP contribution in [0.5, 0.6) is 0 Å². The summed E-state index contributed by atoms with van der Waals surface area (Å²) in [7, 11) is 0. The first-order chi connectivity index (χ1) is 9.61. The van der Waals surface area contributed by atoms with Crippen LogP contribution in [0.1, 0.15) is 38.2 Å². The van der Waals surface area contributed by atoms with Crippen LogP contribution in [0.25, 0.3) is 0 Å². The maximum atomic E-state index is 11.8. The molecule has 20 heavy (non-hydrogen) atoms. The van der Waals surface area contributed by atoms with E-state index in [9.17, 15) is 4.79 Å². The van der Waals surface area contributed by atoms with Crippen LogP contribution < -0.4 is 5.32 Å². The van der Waals surface area contributed by atoms with Crippen LogP contribution in [-0.2, 0) is 9.53 Å². The highest BCUT2D eigenvalue weighted by Gasteiger charge is 2.28. The normalized spacial score (nSPS) is 22.4. The summed E-state index contributed by atoms with van der Waals surface area (Å²) >= 11 is 6.14. The average molecular weight is 296 g/mol. The van der Waals surface area contributed by atoms with E-state index in [4.69, 9.17) is 16.3 Å². The molecular formula is C16H22ClNO2. The molecule has 2 rings (SSSR count). The van der Waals surface area contributed by atoms with E-state index in [2.05, 4.69) is 5.32 Å². The van der Waals surface area contributed by atoms with Crippen LogP contribution in [0.4, 0.5) is 5.69 Å². The van der Waals surface area contributed by atoms with Crippen LogP contribution in [0.2, 0.25) is 5.02 Å². The topological polar surface area (TPSA) is 38.3 Å². The Bertz CT molecular complexity index is 476. The van der Waals surface area contributed by atoms with Gasteiger partial charge in [0.1, 0.15) is 0 Å². The molecule has 0 bridgehead atoms. The summed E-state index contributed by atoms with van der Waals surface area (Å²) < 4.78 is 5.13. The molecule has 1 N–H and O–H groups in total. The highest BCUT2D eigenvalue weighted by molar-refractivity contribution is 6.31. The number of hydrogen-bond acceptors (Lipinski definition) is 3. The van der Waals surface area contributed by atoms with Gasteiger partial charge in [-0.1, -0.05) is 24.1 Å². The van der Waals surface area contributed by atoms with Crippen LogP contribution in [0.3, 0.4) is 0 Å². The zero-order chi connectivity index (χ0) is 14.5. The highest BCUT2D eigenvalue weighted by Crippen LogP contribution is 2.30. The molecule has 0 aliphatic heterocycles. The van der Waals surface area contributed by atoms with E-state index >= 15 is 0 Å². The number of esters is 1. The lowest BCUT2D eigenvalue weighted by Crippen LogP contribution is -2.32. The zero-order valence-electron chi connectivity index (χ0n) is 12.1. The van der Waals surface area contributed by atoms with Gasteiger partial charge in [-0.15, -0.1) is 0 Å². The number of ether oxygens (including phenoxy) is 1. The summed E-state index contributed by atoms with van der Waals surface area (Å²) in [4.78, 5) is 11.8. The standard InChI is InChI=1S/C16H22ClNO2/c1-3-20-16(19)12-6-4-7-13(10-12)18-15-9-5-8-14(17)11(15)2/h5,8-9,12-13,18H,3-4,6-7,10H2,1-2H3. The van der Waals surface area contributed by atoms with Gasteiger partial charge < -0.3 is 10.1 Å².